The average Bonchev–Trinajstić information content (AvgIpc) is 3.03. The van der Waals surface area contributed by atoms with Crippen LogP contribution in [-0.2, 0) is 6.54 Å². The third kappa shape index (κ3) is 2.33. The fraction of sp³-hybridized carbons (Fsp3) is 0.800. The van der Waals surface area contributed by atoms with E-state index in [-0.39, 0.29) is 0 Å². The van der Waals surface area contributed by atoms with E-state index in [2.05, 4.69) is 24.1 Å². The van der Waals surface area contributed by atoms with Crippen LogP contribution in [0.25, 0.3) is 0 Å². The molecule has 3 heteroatoms. The number of rotatable bonds is 5. The molecule has 2 bridgehead atoms. The number of aromatic nitrogens is 1. The van der Waals surface area contributed by atoms with Gasteiger partial charge in [-0.2, -0.15) is 0 Å². The molecule has 0 radical (unpaired) electrons. The molecular formula is C15H24N2O. The van der Waals surface area contributed by atoms with Crippen LogP contribution in [0.2, 0.25) is 0 Å². The minimum atomic E-state index is 0.655. The molecule has 2 aliphatic rings. The maximum atomic E-state index is 5.71. The van der Waals surface area contributed by atoms with Gasteiger partial charge in [0.1, 0.15) is 5.76 Å². The second-order valence-corrected chi connectivity index (χ2v) is 6.47. The van der Waals surface area contributed by atoms with Crippen molar-refractivity contribution in [3.05, 3.63) is 17.8 Å². The van der Waals surface area contributed by atoms with E-state index in [4.69, 9.17) is 4.42 Å². The second-order valence-electron chi connectivity index (χ2n) is 6.47. The van der Waals surface area contributed by atoms with Crippen molar-refractivity contribution in [3.63, 3.8) is 0 Å². The van der Waals surface area contributed by atoms with Gasteiger partial charge in [-0.05, 0) is 43.6 Å². The summed E-state index contributed by atoms with van der Waals surface area (Å²) in [4.78, 5) is 4.41. The fourth-order valence-corrected chi connectivity index (χ4v) is 3.76. The highest BCUT2D eigenvalue weighted by Gasteiger charge is 2.42. The Morgan fingerprint density at radius 2 is 2.28 bits per heavy atom. The van der Waals surface area contributed by atoms with Gasteiger partial charge in [0.05, 0.1) is 5.69 Å². The number of oxazole rings is 1. The Balaban J connectivity index is 1.64. The summed E-state index contributed by atoms with van der Waals surface area (Å²) in [5, 5.41) is 3.47. The summed E-state index contributed by atoms with van der Waals surface area (Å²) in [6.45, 7) is 6.36. The van der Waals surface area contributed by atoms with Crippen molar-refractivity contribution < 1.29 is 4.42 Å². The predicted molar refractivity (Wildman–Crippen MR) is 71.2 cm³/mol. The summed E-state index contributed by atoms with van der Waals surface area (Å²) in [6.07, 6.45) is 7.22. The van der Waals surface area contributed by atoms with Gasteiger partial charge in [-0.25, -0.2) is 4.98 Å². The molecule has 0 amide bonds. The third-order valence-corrected chi connectivity index (χ3v) is 4.59. The van der Waals surface area contributed by atoms with E-state index in [9.17, 15) is 0 Å². The van der Waals surface area contributed by atoms with Gasteiger partial charge in [0.2, 0.25) is 0 Å². The Bertz CT molecular complexity index is 399. The van der Waals surface area contributed by atoms with Crippen molar-refractivity contribution in [2.24, 2.45) is 17.8 Å². The minimum Gasteiger partial charge on any atom is -0.448 e. The molecule has 2 saturated carbocycles. The standard InChI is InChI=1S/C15H24N2O/c1-10(2)7-16-8-14-15(18-9-17-14)13-6-11-3-4-12(13)5-11/h9-13,16H,3-8H2,1-2H3. The van der Waals surface area contributed by atoms with Crippen molar-refractivity contribution in [1.29, 1.82) is 0 Å². The largest absolute Gasteiger partial charge is 0.448 e. The van der Waals surface area contributed by atoms with E-state index >= 15 is 0 Å². The normalized spacial score (nSPS) is 30.5. The Labute approximate surface area is 109 Å². The summed E-state index contributed by atoms with van der Waals surface area (Å²) >= 11 is 0. The highest BCUT2D eigenvalue weighted by atomic mass is 16.3. The van der Waals surface area contributed by atoms with Crippen LogP contribution in [0.1, 0.15) is 56.9 Å². The Morgan fingerprint density at radius 1 is 1.39 bits per heavy atom. The zero-order chi connectivity index (χ0) is 12.5. The maximum absolute atomic E-state index is 5.71. The van der Waals surface area contributed by atoms with E-state index in [1.807, 2.05) is 0 Å². The van der Waals surface area contributed by atoms with Crippen molar-refractivity contribution in [3.8, 4) is 0 Å². The highest BCUT2D eigenvalue weighted by molar-refractivity contribution is 5.17. The minimum absolute atomic E-state index is 0.655. The Hall–Kier alpha value is -0.830. The lowest BCUT2D eigenvalue weighted by Gasteiger charge is -2.20. The van der Waals surface area contributed by atoms with Crippen molar-refractivity contribution in [2.45, 2.75) is 52.0 Å². The molecule has 0 spiro atoms. The predicted octanol–water partition coefficient (Wildman–Crippen LogP) is 3.32. The van der Waals surface area contributed by atoms with E-state index in [0.717, 1.165) is 30.6 Å². The summed E-state index contributed by atoms with van der Waals surface area (Å²) < 4.78 is 5.71. The summed E-state index contributed by atoms with van der Waals surface area (Å²) in [7, 11) is 0. The third-order valence-electron chi connectivity index (χ3n) is 4.59. The number of hydrogen-bond donors (Lipinski definition) is 1. The topological polar surface area (TPSA) is 38.1 Å². The van der Waals surface area contributed by atoms with Crippen LogP contribution >= 0.6 is 0 Å². The van der Waals surface area contributed by atoms with Gasteiger partial charge in [-0.15, -0.1) is 0 Å². The summed E-state index contributed by atoms with van der Waals surface area (Å²) in [6, 6.07) is 0. The van der Waals surface area contributed by atoms with E-state index in [0.29, 0.717) is 11.8 Å². The number of fused-ring (bicyclic) bond motifs is 2. The number of nitrogens with one attached hydrogen (secondary N) is 1. The monoisotopic (exact) mass is 248 g/mol. The SMILES string of the molecule is CC(C)CNCc1ncoc1C1CC2CCC1C2. The molecule has 100 valence electrons. The molecule has 1 N–H and O–H groups in total. The molecular weight excluding hydrogens is 224 g/mol. The van der Waals surface area contributed by atoms with Gasteiger partial charge < -0.3 is 9.73 Å². The first-order valence-corrected chi connectivity index (χ1v) is 7.37. The molecule has 1 aromatic heterocycles. The Morgan fingerprint density at radius 3 is 2.94 bits per heavy atom. The zero-order valence-electron chi connectivity index (χ0n) is 11.5. The lowest BCUT2D eigenvalue weighted by atomic mass is 9.86. The van der Waals surface area contributed by atoms with Crippen molar-refractivity contribution in [1.82, 2.24) is 10.3 Å². The molecule has 3 unspecified atom stereocenters. The molecule has 3 rings (SSSR count). The van der Waals surface area contributed by atoms with Crippen LogP contribution in [0, 0.1) is 17.8 Å². The van der Waals surface area contributed by atoms with Gasteiger partial charge in [-0.3, -0.25) is 0 Å². The first kappa shape index (κ1) is 12.2. The molecule has 3 nitrogen and oxygen atoms in total. The molecule has 2 aliphatic carbocycles. The zero-order valence-corrected chi connectivity index (χ0v) is 11.5. The molecule has 0 saturated heterocycles. The van der Waals surface area contributed by atoms with Gasteiger partial charge in [0.25, 0.3) is 0 Å². The lowest BCUT2D eigenvalue weighted by Crippen LogP contribution is -2.20. The van der Waals surface area contributed by atoms with Crippen molar-refractivity contribution >= 4 is 0 Å². The number of hydrogen-bond acceptors (Lipinski definition) is 3. The van der Waals surface area contributed by atoms with E-state index < -0.39 is 0 Å². The quantitative estimate of drug-likeness (QED) is 0.868. The summed E-state index contributed by atoms with van der Waals surface area (Å²) in [5.74, 6) is 4.34. The molecule has 0 aliphatic heterocycles. The lowest BCUT2D eigenvalue weighted by molar-refractivity contribution is 0.352. The molecule has 3 atom stereocenters. The Kier molecular flexibility index (Phi) is 3.42. The van der Waals surface area contributed by atoms with Crippen LogP contribution in [0.3, 0.4) is 0 Å². The smallest absolute Gasteiger partial charge is 0.181 e. The van der Waals surface area contributed by atoms with Gasteiger partial charge in [0, 0.05) is 12.5 Å². The van der Waals surface area contributed by atoms with Crippen LogP contribution in [-0.4, -0.2) is 11.5 Å². The van der Waals surface area contributed by atoms with Crippen LogP contribution in [0.15, 0.2) is 10.8 Å². The van der Waals surface area contributed by atoms with Gasteiger partial charge in [-0.1, -0.05) is 20.3 Å². The van der Waals surface area contributed by atoms with Gasteiger partial charge in [0.15, 0.2) is 6.39 Å². The highest BCUT2D eigenvalue weighted by Crippen LogP contribution is 2.53. The summed E-state index contributed by atoms with van der Waals surface area (Å²) in [5.41, 5.74) is 1.15. The molecule has 18 heavy (non-hydrogen) atoms. The first-order valence-electron chi connectivity index (χ1n) is 7.37. The molecule has 0 aromatic carbocycles. The number of nitrogens with zero attached hydrogens (tertiary/aromatic N) is 1. The second kappa shape index (κ2) is 5.04. The van der Waals surface area contributed by atoms with Crippen LogP contribution < -0.4 is 5.32 Å². The van der Waals surface area contributed by atoms with Crippen molar-refractivity contribution in [2.75, 3.05) is 6.54 Å². The van der Waals surface area contributed by atoms with Gasteiger partial charge >= 0.3 is 0 Å². The van der Waals surface area contributed by atoms with Crippen LogP contribution in [0.4, 0.5) is 0 Å². The fourth-order valence-electron chi connectivity index (χ4n) is 3.76. The van der Waals surface area contributed by atoms with E-state index in [1.165, 1.54) is 31.4 Å². The average molecular weight is 248 g/mol. The molecule has 1 heterocycles. The molecule has 1 aromatic rings. The first-order chi connectivity index (χ1) is 8.74. The maximum Gasteiger partial charge on any atom is 0.181 e. The van der Waals surface area contributed by atoms with E-state index in [1.54, 1.807) is 6.39 Å². The van der Waals surface area contributed by atoms with Crippen LogP contribution in [0.5, 0.6) is 0 Å². The molecule has 2 fully saturated rings.